The largest absolute Gasteiger partial charge is 0.322 e. The van der Waals surface area contributed by atoms with E-state index in [0.717, 1.165) is 59.6 Å². The molecule has 5 aromatic rings. The van der Waals surface area contributed by atoms with Crippen molar-refractivity contribution in [3.8, 4) is 11.4 Å². The van der Waals surface area contributed by atoms with Crippen molar-refractivity contribution in [1.29, 1.82) is 0 Å². The second-order valence-corrected chi connectivity index (χ2v) is 8.86. The van der Waals surface area contributed by atoms with Crippen LogP contribution in [0.25, 0.3) is 22.4 Å². The fraction of sp³-hybridized carbons (Fsp3) is 0.222. The maximum Gasteiger partial charge on any atom is 0.257 e. The molecule has 1 amide bonds. The van der Waals surface area contributed by atoms with Gasteiger partial charge < -0.3 is 9.88 Å². The zero-order valence-corrected chi connectivity index (χ0v) is 19.3. The van der Waals surface area contributed by atoms with Crippen LogP contribution in [0.2, 0.25) is 0 Å². The molecule has 0 radical (unpaired) electrons. The van der Waals surface area contributed by atoms with Gasteiger partial charge in [0.05, 0.1) is 18.3 Å². The van der Waals surface area contributed by atoms with Crippen molar-refractivity contribution in [1.82, 2.24) is 29.5 Å². The Morgan fingerprint density at radius 2 is 1.86 bits per heavy atom. The number of aromatic nitrogens is 6. The van der Waals surface area contributed by atoms with Crippen molar-refractivity contribution in [2.45, 2.75) is 38.8 Å². The van der Waals surface area contributed by atoms with Gasteiger partial charge in [0.2, 0.25) is 0 Å². The Morgan fingerprint density at radius 1 is 0.943 bits per heavy atom. The van der Waals surface area contributed by atoms with Crippen LogP contribution in [0.3, 0.4) is 0 Å². The normalized spacial score (nSPS) is 13.4. The first kappa shape index (κ1) is 21.2. The average Bonchev–Trinajstić information content (AvgIpc) is 3.40. The number of carbonyl (C=O) groups excluding carboxylic acids is 1. The molecule has 0 atom stereocenters. The summed E-state index contributed by atoms with van der Waals surface area (Å²) in [6.45, 7) is 1.56. The topological polar surface area (TPSA) is 90.5 Å². The third-order valence-corrected chi connectivity index (χ3v) is 6.40. The van der Waals surface area contributed by atoms with Crippen LogP contribution in [0.1, 0.15) is 41.0 Å². The monoisotopic (exact) mass is 463 g/mol. The first-order valence-electron chi connectivity index (χ1n) is 11.9. The molecule has 174 valence electrons. The van der Waals surface area contributed by atoms with Gasteiger partial charge in [-0.1, -0.05) is 48.9 Å². The van der Waals surface area contributed by atoms with E-state index in [9.17, 15) is 4.79 Å². The number of benzene rings is 2. The van der Waals surface area contributed by atoms with Gasteiger partial charge >= 0.3 is 0 Å². The third kappa shape index (κ3) is 4.30. The van der Waals surface area contributed by atoms with Gasteiger partial charge in [-0.15, -0.1) is 10.2 Å². The molecule has 0 spiro atoms. The zero-order chi connectivity index (χ0) is 23.6. The second kappa shape index (κ2) is 9.13. The van der Waals surface area contributed by atoms with Crippen LogP contribution in [0.15, 0.2) is 73.1 Å². The zero-order valence-electron chi connectivity index (χ0n) is 19.3. The summed E-state index contributed by atoms with van der Waals surface area (Å²) in [5.74, 6) is 1.68. The van der Waals surface area contributed by atoms with Gasteiger partial charge in [-0.2, -0.15) is 5.10 Å². The van der Waals surface area contributed by atoms with Gasteiger partial charge in [0.25, 0.3) is 5.91 Å². The number of hydrogen-bond acceptors (Lipinski definition) is 5. The van der Waals surface area contributed by atoms with E-state index in [4.69, 9.17) is 0 Å². The van der Waals surface area contributed by atoms with Crippen LogP contribution in [-0.2, 0) is 19.5 Å². The molecule has 8 heteroatoms. The predicted molar refractivity (Wildman–Crippen MR) is 134 cm³/mol. The lowest BCUT2D eigenvalue weighted by Crippen LogP contribution is -2.12. The van der Waals surface area contributed by atoms with Crippen molar-refractivity contribution in [3.63, 3.8) is 0 Å². The highest BCUT2D eigenvalue weighted by molar-refractivity contribution is 6.05. The fourth-order valence-corrected chi connectivity index (χ4v) is 4.61. The van der Waals surface area contributed by atoms with Crippen molar-refractivity contribution >= 4 is 22.6 Å². The van der Waals surface area contributed by atoms with E-state index in [-0.39, 0.29) is 5.91 Å². The summed E-state index contributed by atoms with van der Waals surface area (Å²) in [4.78, 5) is 17.6. The summed E-state index contributed by atoms with van der Waals surface area (Å²) in [5, 5.41) is 17.1. The number of nitrogens with one attached hydrogen (secondary N) is 1. The molecule has 0 saturated carbocycles. The summed E-state index contributed by atoms with van der Waals surface area (Å²) < 4.78 is 4.05. The highest BCUT2D eigenvalue weighted by atomic mass is 16.1. The van der Waals surface area contributed by atoms with Crippen LogP contribution in [-0.4, -0.2) is 35.4 Å². The summed E-state index contributed by atoms with van der Waals surface area (Å²) >= 11 is 0. The number of hydrogen-bond donors (Lipinski definition) is 1. The van der Waals surface area contributed by atoms with Gasteiger partial charge in [0, 0.05) is 35.8 Å². The SMILES string of the molecule is O=C(Nc1cccc(-c2nnc3n2CCCCC3)c1)c1cnc2c(cnn2Cc2ccccc2)c1. The van der Waals surface area contributed by atoms with E-state index in [1.165, 1.54) is 6.42 Å². The summed E-state index contributed by atoms with van der Waals surface area (Å²) in [6, 6.07) is 19.7. The molecule has 35 heavy (non-hydrogen) atoms. The highest BCUT2D eigenvalue weighted by Gasteiger charge is 2.17. The lowest BCUT2D eigenvalue weighted by atomic mass is 10.1. The summed E-state index contributed by atoms with van der Waals surface area (Å²) in [5.41, 5.74) is 4.03. The number of pyridine rings is 1. The van der Waals surface area contributed by atoms with Gasteiger partial charge in [-0.05, 0) is 36.6 Å². The quantitative estimate of drug-likeness (QED) is 0.407. The first-order valence-corrected chi connectivity index (χ1v) is 11.9. The lowest BCUT2D eigenvalue weighted by Gasteiger charge is -2.10. The number of nitrogens with zero attached hydrogens (tertiary/aromatic N) is 6. The Hall–Kier alpha value is -4.33. The maximum atomic E-state index is 13.0. The van der Waals surface area contributed by atoms with E-state index < -0.39 is 0 Å². The Bertz CT molecular complexity index is 1500. The van der Waals surface area contributed by atoms with Gasteiger partial charge in [-0.25, -0.2) is 9.67 Å². The van der Waals surface area contributed by atoms with Crippen LogP contribution >= 0.6 is 0 Å². The highest BCUT2D eigenvalue weighted by Crippen LogP contribution is 2.25. The molecule has 0 aliphatic carbocycles. The molecule has 0 saturated heterocycles. The Kier molecular flexibility index (Phi) is 5.54. The molecular weight excluding hydrogens is 438 g/mol. The van der Waals surface area contributed by atoms with Crippen LogP contribution < -0.4 is 5.32 Å². The number of fused-ring (bicyclic) bond motifs is 2. The van der Waals surface area contributed by atoms with Crippen LogP contribution in [0.5, 0.6) is 0 Å². The van der Waals surface area contributed by atoms with Gasteiger partial charge in [0.15, 0.2) is 11.5 Å². The van der Waals surface area contributed by atoms with Crippen molar-refractivity contribution in [2.75, 3.05) is 5.32 Å². The minimum Gasteiger partial charge on any atom is -0.322 e. The Labute approximate surface area is 202 Å². The van der Waals surface area contributed by atoms with Crippen molar-refractivity contribution < 1.29 is 4.79 Å². The standard InChI is InChI=1S/C27H25N7O/c35-27(22-14-21-17-29-34(25(21)28-16-22)18-19-8-3-1-4-9-19)30-23-11-7-10-20(15-23)26-32-31-24-12-5-2-6-13-33(24)26/h1,3-4,7-11,14-17H,2,5-6,12-13,18H2,(H,30,35). The van der Waals surface area contributed by atoms with Crippen molar-refractivity contribution in [3.05, 3.63) is 90.0 Å². The minimum atomic E-state index is -0.215. The van der Waals surface area contributed by atoms with E-state index in [1.54, 1.807) is 12.4 Å². The van der Waals surface area contributed by atoms with E-state index in [0.29, 0.717) is 17.8 Å². The van der Waals surface area contributed by atoms with Crippen LogP contribution in [0.4, 0.5) is 5.69 Å². The molecule has 1 N–H and O–H groups in total. The molecule has 1 aliphatic heterocycles. The van der Waals surface area contributed by atoms with Gasteiger partial charge in [0.1, 0.15) is 5.82 Å². The fourth-order valence-electron chi connectivity index (χ4n) is 4.61. The molecular formula is C27H25N7O. The Balaban J connectivity index is 1.21. The Morgan fingerprint density at radius 3 is 2.77 bits per heavy atom. The first-order chi connectivity index (χ1) is 17.2. The smallest absolute Gasteiger partial charge is 0.257 e. The summed E-state index contributed by atoms with van der Waals surface area (Å²) in [7, 11) is 0. The molecule has 0 fully saturated rings. The number of amides is 1. The van der Waals surface area contributed by atoms with Crippen molar-refractivity contribution in [2.24, 2.45) is 0 Å². The third-order valence-electron chi connectivity index (χ3n) is 6.40. The molecule has 6 rings (SSSR count). The lowest BCUT2D eigenvalue weighted by molar-refractivity contribution is 0.102. The molecule has 0 unspecified atom stereocenters. The minimum absolute atomic E-state index is 0.215. The predicted octanol–water partition coefficient (Wildman–Crippen LogP) is 4.72. The molecule has 8 nitrogen and oxygen atoms in total. The average molecular weight is 464 g/mol. The van der Waals surface area contributed by atoms with E-state index >= 15 is 0 Å². The molecule has 3 aromatic heterocycles. The number of aryl methyl sites for hydroxylation is 1. The second-order valence-electron chi connectivity index (χ2n) is 8.86. The molecule has 0 bridgehead atoms. The van der Waals surface area contributed by atoms with Crippen LogP contribution in [0, 0.1) is 0 Å². The molecule has 4 heterocycles. The number of anilines is 1. The molecule has 1 aliphatic rings. The van der Waals surface area contributed by atoms with Gasteiger partial charge in [-0.3, -0.25) is 4.79 Å². The van der Waals surface area contributed by atoms with E-state index in [2.05, 4.69) is 42.3 Å². The molecule has 2 aromatic carbocycles. The maximum absolute atomic E-state index is 13.0. The number of rotatable bonds is 5. The van der Waals surface area contributed by atoms with E-state index in [1.807, 2.05) is 53.2 Å². The number of carbonyl (C=O) groups is 1. The summed E-state index contributed by atoms with van der Waals surface area (Å²) in [6.07, 6.45) is 7.80.